The van der Waals surface area contributed by atoms with Crippen LogP contribution in [0.5, 0.6) is 0 Å². The summed E-state index contributed by atoms with van der Waals surface area (Å²) >= 11 is 0. The number of aryl methyl sites for hydroxylation is 1. The summed E-state index contributed by atoms with van der Waals surface area (Å²) in [5, 5.41) is 6.16. The maximum atomic E-state index is 11.7. The van der Waals surface area contributed by atoms with Gasteiger partial charge < -0.3 is 15.2 Å². The van der Waals surface area contributed by atoms with Crippen LogP contribution in [0.15, 0.2) is 12.5 Å². The van der Waals surface area contributed by atoms with Crippen molar-refractivity contribution >= 4 is 5.91 Å². The number of carbonyl (C=O) groups is 1. The van der Waals surface area contributed by atoms with Gasteiger partial charge in [-0.15, -0.1) is 0 Å². The van der Waals surface area contributed by atoms with Crippen LogP contribution in [0.3, 0.4) is 0 Å². The van der Waals surface area contributed by atoms with Crippen LogP contribution in [0.25, 0.3) is 0 Å². The minimum absolute atomic E-state index is 0.0429. The molecule has 2 N–H and O–H groups in total. The standard InChI is InChI=1S/C9H14N4O/c1-13-6-11-5-8(13)9(14)12-7-2-3-10-4-7/h5-7,10H,2-4H2,1H3,(H,12,14)/t7-/m0/s1. The smallest absolute Gasteiger partial charge is 0.269 e. The van der Waals surface area contributed by atoms with E-state index < -0.39 is 0 Å². The Hall–Kier alpha value is -1.36. The Kier molecular flexibility index (Phi) is 2.49. The van der Waals surface area contributed by atoms with Crippen molar-refractivity contribution in [1.29, 1.82) is 0 Å². The zero-order valence-corrected chi connectivity index (χ0v) is 8.16. The number of nitrogens with zero attached hydrogens (tertiary/aromatic N) is 2. The largest absolute Gasteiger partial charge is 0.347 e. The highest BCUT2D eigenvalue weighted by atomic mass is 16.2. The number of imidazole rings is 1. The highest BCUT2D eigenvalue weighted by Crippen LogP contribution is 2.01. The van der Waals surface area contributed by atoms with Crippen molar-refractivity contribution in [2.45, 2.75) is 12.5 Å². The molecule has 0 aliphatic carbocycles. The SMILES string of the molecule is Cn1cncc1C(=O)N[C@H]1CCNC1. The molecule has 76 valence electrons. The van der Waals surface area contributed by atoms with Crippen LogP contribution in [-0.2, 0) is 7.05 Å². The molecule has 1 aromatic heterocycles. The number of rotatable bonds is 2. The summed E-state index contributed by atoms with van der Waals surface area (Å²) in [6.07, 6.45) is 4.21. The van der Waals surface area contributed by atoms with Gasteiger partial charge in [0.2, 0.25) is 0 Å². The second-order valence-electron chi connectivity index (χ2n) is 3.55. The molecule has 1 aromatic rings. The van der Waals surface area contributed by atoms with Crippen molar-refractivity contribution in [2.75, 3.05) is 13.1 Å². The number of nitrogens with one attached hydrogen (secondary N) is 2. The number of carbonyl (C=O) groups excluding carboxylic acids is 1. The van der Waals surface area contributed by atoms with Gasteiger partial charge in [-0.1, -0.05) is 0 Å². The summed E-state index contributed by atoms with van der Waals surface area (Å²) in [5.74, 6) is -0.0429. The van der Waals surface area contributed by atoms with Crippen LogP contribution in [0.2, 0.25) is 0 Å². The predicted octanol–water partition coefficient (Wildman–Crippen LogP) is -0.488. The third kappa shape index (κ3) is 1.77. The van der Waals surface area contributed by atoms with E-state index in [1.54, 1.807) is 17.1 Å². The average Bonchev–Trinajstić information content (AvgIpc) is 2.75. The van der Waals surface area contributed by atoms with Gasteiger partial charge in [0.05, 0.1) is 12.5 Å². The van der Waals surface area contributed by atoms with Gasteiger partial charge in [0.1, 0.15) is 5.69 Å². The molecule has 1 aliphatic rings. The van der Waals surface area contributed by atoms with Gasteiger partial charge in [-0.05, 0) is 13.0 Å². The van der Waals surface area contributed by atoms with E-state index in [0.717, 1.165) is 19.5 Å². The molecule has 0 spiro atoms. The molecule has 2 heterocycles. The fourth-order valence-electron chi connectivity index (χ4n) is 1.61. The molecule has 1 saturated heterocycles. The molecule has 5 heteroatoms. The van der Waals surface area contributed by atoms with Gasteiger partial charge in [-0.3, -0.25) is 4.79 Å². The Labute approximate surface area is 82.5 Å². The highest BCUT2D eigenvalue weighted by Gasteiger charge is 2.18. The van der Waals surface area contributed by atoms with E-state index in [-0.39, 0.29) is 11.9 Å². The third-order valence-electron chi connectivity index (χ3n) is 2.44. The molecule has 0 radical (unpaired) electrons. The van der Waals surface area contributed by atoms with Crippen molar-refractivity contribution in [3.8, 4) is 0 Å². The van der Waals surface area contributed by atoms with Crippen molar-refractivity contribution in [3.63, 3.8) is 0 Å². The fourth-order valence-corrected chi connectivity index (χ4v) is 1.61. The summed E-state index contributed by atoms with van der Waals surface area (Å²) in [5.41, 5.74) is 0.608. The van der Waals surface area contributed by atoms with Gasteiger partial charge in [0, 0.05) is 19.6 Å². The summed E-state index contributed by atoms with van der Waals surface area (Å²) in [4.78, 5) is 15.6. The molecule has 0 saturated carbocycles. The van der Waals surface area contributed by atoms with Crippen LogP contribution in [0.1, 0.15) is 16.9 Å². The Morgan fingerprint density at radius 1 is 1.79 bits per heavy atom. The van der Waals surface area contributed by atoms with E-state index in [1.807, 2.05) is 7.05 Å². The Bertz CT molecular complexity index is 327. The summed E-state index contributed by atoms with van der Waals surface area (Å²) in [6.45, 7) is 1.85. The zero-order valence-electron chi connectivity index (χ0n) is 8.16. The summed E-state index contributed by atoms with van der Waals surface area (Å²) in [7, 11) is 1.81. The van der Waals surface area contributed by atoms with Crippen molar-refractivity contribution in [3.05, 3.63) is 18.2 Å². The van der Waals surface area contributed by atoms with E-state index in [4.69, 9.17) is 0 Å². The molecule has 1 atom stereocenters. The Balaban J connectivity index is 1.98. The first-order valence-electron chi connectivity index (χ1n) is 4.75. The van der Waals surface area contributed by atoms with E-state index >= 15 is 0 Å². The number of aromatic nitrogens is 2. The molecule has 0 bridgehead atoms. The predicted molar refractivity (Wildman–Crippen MR) is 51.9 cm³/mol. The molecular formula is C9H14N4O. The lowest BCUT2D eigenvalue weighted by atomic mass is 10.2. The van der Waals surface area contributed by atoms with E-state index in [2.05, 4.69) is 15.6 Å². The second kappa shape index (κ2) is 3.79. The monoisotopic (exact) mass is 194 g/mol. The minimum atomic E-state index is -0.0429. The van der Waals surface area contributed by atoms with Gasteiger partial charge >= 0.3 is 0 Å². The van der Waals surface area contributed by atoms with Crippen molar-refractivity contribution in [2.24, 2.45) is 7.05 Å². The molecule has 0 aromatic carbocycles. The molecule has 1 amide bonds. The lowest BCUT2D eigenvalue weighted by Crippen LogP contribution is -2.37. The van der Waals surface area contributed by atoms with Crippen molar-refractivity contribution in [1.82, 2.24) is 20.2 Å². The molecule has 2 rings (SSSR count). The highest BCUT2D eigenvalue weighted by molar-refractivity contribution is 5.92. The van der Waals surface area contributed by atoms with Crippen LogP contribution in [0, 0.1) is 0 Å². The van der Waals surface area contributed by atoms with Crippen molar-refractivity contribution < 1.29 is 4.79 Å². The molecular weight excluding hydrogens is 180 g/mol. The van der Waals surface area contributed by atoms with Gasteiger partial charge in [-0.25, -0.2) is 4.98 Å². The quantitative estimate of drug-likeness (QED) is 0.668. The summed E-state index contributed by atoms with van der Waals surface area (Å²) < 4.78 is 1.72. The molecule has 1 fully saturated rings. The normalized spacial score (nSPS) is 21.1. The van der Waals surface area contributed by atoms with Gasteiger partial charge in [-0.2, -0.15) is 0 Å². The van der Waals surface area contributed by atoms with Crippen LogP contribution in [0.4, 0.5) is 0 Å². The first-order valence-corrected chi connectivity index (χ1v) is 4.75. The summed E-state index contributed by atoms with van der Waals surface area (Å²) in [6, 6.07) is 0.261. The maximum absolute atomic E-state index is 11.7. The fraction of sp³-hybridized carbons (Fsp3) is 0.556. The average molecular weight is 194 g/mol. The van der Waals surface area contributed by atoms with Crippen LogP contribution in [-0.4, -0.2) is 34.6 Å². The number of amides is 1. The topological polar surface area (TPSA) is 59.0 Å². The molecule has 1 aliphatic heterocycles. The molecule has 14 heavy (non-hydrogen) atoms. The maximum Gasteiger partial charge on any atom is 0.269 e. The van der Waals surface area contributed by atoms with E-state index in [0.29, 0.717) is 5.69 Å². The third-order valence-corrected chi connectivity index (χ3v) is 2.44. The van der Waals surface area contributed by atoms with Gasteiger partial charge in [0.15, 0.2) is 0 Å². The van der Waals surface area contributed by atoms with Gasteiger partial charge in [0.25, 0.3) is 5.91 Å². The Morgan fingerprint density at radius 3 is 3.21 bits per heavy atom. The van der Waals surface area contributed by atoms with E-state index in [1.165, 1.54) is 0 Å². The molecule has 5 nitrogen and oxygen atoms in total. The molecule has 0 unspecified atom stereocenters. The van der Waals surface area contributed by atoms with E-state index in [9.17, 15) is 4.79 Å². The zero-order chi connectivity index (χ0) is 9.97. The van der Waals surface area contributed by atoms with Crippen LogP contribution >= 0.6 is 0 Å². The van der Waals surface area contributed by atoms with Crippen LogP contribution < -0.4 is 10.6 Å². The second-order valence-corrected chi connectivity index (χ2v) is 3.55. The lowest BCUT2D eigenvalue weighted by Gasteiger charge is -2.10. The lowest BCUT2D eigenvalue weighted by molar-refractivity contribution is 0.0932. The Morgan fingerprint density at radius 2 is 2.64 bits per heavy atom. The minimum Gasteiger partial charge on any atom is -0.347 e. The number of hydrogen-bond acceptors (Lipinski definition) is 3. The first kappa shape index (κ1) is 9.21. The first-order chi connectivity index (χ1) is 6.77. The number of hydrogen-bond donors (Lipinski definition) is 2.